The van der Waals surface area contributed by atoms with Crippen LogP contribution in [0.4, 0.5) is 0 Å². The van der Waals surface area contributed by atoms with Gasteiger partial charge in [-0.3, -0.25) is 14.4 Å². The van der Waals surface area contributed by atoms with E-state index in [1.807, 2.05) is 6.92 Å². The normalized spacial score (nSPS) is 14.9. The maximum atomic E-state index is 12.1. The molecule has 7 heteroatoms. The smallest absolute Gasteiger partial charge is 0.303 e. The summed E-state index contributed by atoms with van der Waals surface area (Å²) in [5.41, 5.74) is 0.00240. The van der Waals surface area contributed by atoms with Crippen molar-refractivity contribution >= 4 is 11.9 Å². The highest BCUT2D eigenvalue weighted by atomic mass is 16.4. The molecular weight excluding hydrogens is 262 g/mol. The first kappa shape index (κ1) is 14.2. The zero-order valence-electron chi connectivity index (χ0n) is 11.3. The van der Waals surface area contributed by atoms with Crippen LogP contribution in [0.2, 0.25) is 0 Å². The predicted molar refractivity (Wildman–Crippen MR) is 70.4 cm³/mol. The van der Waals surface area contributed by atoms with Crippen molar-refractivity contribution in [1.82, 2.24) is 14.7 Å². The molecule has 20 heavy (non-hydrogen) atoms. The SMILES string of the molecule is CCCn1nc(C(=O)N2CC(CC(=O)O)C2)ccc1=O. The Kier molecular flexibility index (Phi) is 4.16. The summed E-state index contributed by atoms with van der Waals surface area (Å²) in [5.74, 6) is -1.09. The number of carbonyl (C=O) groups is 2. The van der Waals surface area contributed by atoms with Gasteiger partial charge in [-0.1, -0.05) is 6.92 Å². The van der Waals surface area contributed by atoms with Gasteiger partial charge in [-0.25, -0.2) is 4.68 Å². The average molecular weight is 279 g/mol. The van der Waals surface area contributed by atoms with E-state index in [0.717, 1.165) is 6.42 Å². The van der Waals surface area contributed by atoms with Crippen molar-refractivity contribution in [3.63, 3.8) is 0 Å². The van der Waals surface area contributed by atoms with Crippen LogP contribution in [0.1, 0.15) is 30.3 Å². The molecule has 7 nitrogen and oxygen atoms in total. The van der Waals surface area contributed by atoms with Crippen molar-refractivity contribution in [3.8, 4) is 0 Å². The van der Waals surface area contributed by atoms with Crippen LogP contribution in [0.25, 0.3) is 0 Å². The molecule has 1 amide bonds. The number of rotatable bonds is 5. The molecule has 0 radical (unpaired) electrons. The van der Waals surface area contributed by atoms with Crippen molar-refractivity contribution < 1.29 is 14.7 Å². The van der Waals surface area contributed by atoms with Crippen LogP contribution < -0.4 is 5.56 Å². The number of likely N-dealkylation sites (tertiary alicyclic amines) is 1. The molecule has 0 spiro atoms. The number of aryl methyl sites for hydroxylation is 1. The number of hydrogen-bond donors (Lipinski definition) is 1. The van der Waals surface area contributed by atoms with E-state index in [1.165, 1.54) is 16.8 Å². The molecule has 0 saturated carbocycles. The van der Waals surface area contributed by atoms with Crippen molar-refractivity contribution in [2.75, 3.05) is 13.1 Å². The van der Waals surface area contributed by atoms with Crippen LogP contribution in [0.5, 0.6) is 0 Å². The minimum Gasteiger partial charge on any atom is -0.481 e. The number of carboxylic acids is 1. The Morgan fingerprint density at radius 2 is 2.10 bits per heavy atom. The topological polar surface area (TPSA) is 92.5 Å². The Morgan fingerprint density at radius 3 is 2.70 bits per heavy atom. The van der Waals surface area contributed by atoms with Gasteiger partial charge in [0.2, 0.25) is 0 Å². The van der Waals surface area contributed by atoms with Crippen molar-refractivity contribution in [3.05, 3.63) is 28.2 Å². The van der Waals surface area contributed by atoms with Gasteiger partial charge in [0.1, 0.15) is 5.69 Å². The molecule has 1 aliphatic heterocycles. The Labute approximate surface area is 115 Å². The van der Waals surface area contributed by atoms with Gasteiger partial charge in [-0.05, 0) is 12.5 Å². The lowest BCUT2D eigenvalue weighted by atomic mass is 9.96. The third-order valence-electron chi connectivity index (χ3n) is 3.23. The Bertz CT molecular complexity index is 575. The Balaban J connectivity index is 2.02. The molecule has 2 heterocycles. The van der Waals surface area contributed by atoms with Gasteiger partial charge in [0.05, 0.1) is 6.42 Å². The summed E-state index contributed by atoms with van der Waals surface area (Å²) in [7, 11) is 0. The maximum Gasteiger partial charge on any atom is 0.303 e. The highest BCUT2D eigenvalue weighted by molar-refractivity contribution is 5.92. The number of hydrogen-bond acceptors (Lipinski definition) is 4. The van der Waals surface area contributed by atoms with E-state index in [2.05, 4.69) is 5.10 Å². The van der Waals surface area contributed by atoms with E-state index >= 15 is 0 Å². The second-order valence-electron chi connectivity index (χ2n) is 4.95. The molecule has 0 aromatic carbocycles. The molecule has 0 bridgehead atoms. The quantitative estimate of drug-likeness (QED) is 0.831. The zero-order valence-corrected chi connectivity index (χ0v) is 11.3. The largest absolute Gasteiger partial charge is 0.481 e. The maximum absolute atomic E-state index is 12.1. The fourth-order valence-corrected chi connectivity index (χ4v) is 2.21. The van der Waals surface area contributed by atoms with Crippen LogP contribution in [-0.4, -0.2) is 44.8 Å². The zero-order chi connectivity index (χ0) is 14.7. The Hall–Kier alpha value is -2.18. The lowest BCUT2D eigenvalue weighted by molar-refractivity contribution is -0.139. The summed E-state index contributed by atoms with van der Waals surface area (Å²) in [4.78, 5) is 35.7. The highest BCUT2D eigenvalue weighted by Gasteiger charge is 2.33. The summed E-state index contributed by atoms with van der Waals surface area (Å²) >= 11 is 0. The number of nitrogens with zero attached hydrogens (tertiary/aromatic N) is 3. The van der Waals surface area contributed by atoms with Crippen molar-refractivity contribution in [2.45, 2.75) is 26.3 Å². The number of aliphatic carboxylic acids is 1. The van der Waals surface area contributed by atoms with E-state index in [4.69, 9.17) is 5.11 Å². The van der Waals surface area contributed by atoms with E-state index in [9.17, 15) is 14.4 Å². The first-order valence-electron chi connectivity index (χ1n) is 6.60. The standard InChI is InChI=1S/C13H17N3O4/c1-2-5-16-11(17)4-3-10(14-16)13(20)15-7-9(8-15)6-12(18)19/h3-4,9H,2,5-8H2,1H3,(H,18,19). The van der Waals surface area contributed by atoms with Crippen molar-refractivity contribution in [1.29, 1.82) is 0 Å². The molecule has 1 fully saturated rings. The minimum atomic E-state index is -0.850. The summed E-state index contributed by atoms with van der Waals surface area (Å²) in [5, 5.41) is 12.7. The van der Waals surface area contributed by atoms with Gasteiger partial charge in [-0.2, -0.15) is 5.10 Å². The van der Waals surface area contributed by atoms with Crippen LogP contribution in [0.3, 0.4) is 0 Å². The molecule has 1 aliphatic rings. The third-order valence-corrected chi connectivity index (χ3v) is 3.23. The highest BCUT2D eigenvalue weighted by Crippen LogP contribution is 2.20. The van der Waals surface area contributed by atoms with Gasteiger partial charge in [0.15, 0.2) is 0 Å². The van der Waals surface area contributed by atoms with Crippen LogP contribution in [0, 0.1) is 5.92 Å². The van der Waals surface area contributed by atoms with E-state index in [-0.39, 0.29) is 29.5 Å². The van der Waals surface area contributed by atoms with Crippen molar-refractivity contribution in [2.24, 2.45) is 5.92 Å². The summed E-state index contributed by atoms with van der Waals surface area (Å²) in [6.07, 6.45) is 0.835. The molecule has 0 atom stereocenters. The van der Waals surface area contributed by atoms with Gasteiger partial charge < -0.3 is 10.0 Å². The predicted octanol–water partition coefficient (Wildman–Crippen LogP) is 0.200. The molecule has 1 N–H and O–H groups in total. The third kappa shape index (κ3) is 3.04. The summed E-state index contributed by atoms with van der Waals surface area (Å²) in [6, 6.07) is 2.76. The van der Waals surface area contributed by atoms with Crippen LogP contribution >= 0.6 is 0 Å². The van der Waals surface area contributed by atoms with E-state index < -0.39 is 5.97 Å². The van der Waals surface area contributed by atoms with Gasteiger partial charge in [0, 0.05) is 31.6 Å². The minimum absolute atomic E-state index is 0.0120. The molecular formula is C13H17N3O4. The fourth-order valence-electron chi connectivity index (χ4n) is 2.21. The average Bonchev–Trinajstić information content (AvgIpc) is 2.35. The van der Waals surface area contributed by atoms with E-state index in [1.54, 1.807) is 4.90 Å². The molecule has 1 aromatic rings. The van der Waals surface area contributed by atoms with Crippen LogP contribution in [0.15, 0.2) is 16.9 Å². The number of aromatic nitrogens is 2. The molecule has 1 saturated heterocycles. The lowest BCUT2D eigenvalue weighted by Crippen LogP contribution is -2.51. The molecule has 0 unspecified atom stereocenters. The Morgan fingerprint density at radius 1 is 1.40 bits per heavy atom. The first-order chi connectivity index (χ1) is 9.51. The molecule has 1 aromatic heterocycles. The van der Waals surface area contributed by atoms with Gasteiger partial charge in [-0.15, -0.1) is 0 Å². The molecule has 108 valence electrons. The van der Waals surface area contributed by atoms with Gasteiger partial charge in [0.25, 0.3) is 11.5 Å². The molecule has 2 rings (SSSR count). The van der Waals surface area contributed by atoms with E-state index in [0.29, 0.717) is 19.6 Å². The summed E-state index contributed by atoms with van der Waals surface area (Å²) < 4.78 is 1.28. The lowest BCUT2D eigenvalue weighted by Gasteiger charge is -2.38. The van der Waals surface area contributed by atoms with Crippen LogP contribution in [-0.2, 0) is 11.3 Å². The number of carboxylic acid groups (broad SMARTS) is 1. The summed E-state index contributed by atoms with van der Waals surface area (Å²) in [6.45, 7) is 3.26. The number of carbonyl (C=O) groups excluding carboxylic acids is 1. The fraction of sp³-hybridized carbons (Fsp3) is 0.538. The first-order valence-corrected chi connectivity index (χ1v) is 6.60. The van der Waals surface area contributed by atoms with Gasteiger partial charge >= 0.3 is 5.97 Å². The number of amides is 1. The monoisotopic (exact) mass is 279 g/mol. The second kappa shape index (κ2) is 5.85. The molecule has 0 aliphatic carbocycles. The second-order valence-corrected chi connectivity index (χ2v) is 4.95.